The quantitative estimate of drug-likeness (QED) is 0.890. The molecule has 1 aliphatic rings. The van der Waals surface area contributed by atoms with Gasteiger partial charge in [-0.3, -0.25) is 0 Å². The van der Waals surface area contributed by atoms with Crippen molar-refractivity contribution < 1.29 is 9.84 Å². The Hall–Kier alpha value is -1.06. The monoisotopic (exact) mass is 249 g/mol. The molecule has 0 spiro atoms. The molecule has 1 saturated heterocycles. The highest BCUT2D eigenvalue weighted by atomic mass is 16.5. The fourth-order valence-corrected chi connectivity index (χ4v) is 2.49. The van der Waals surface area contributed by atoms with Crippen LogP contribution in [0.2, 0.25) is 0 Å². The number of benzene rings is 1. The number of anilines is 1. The second-order valence-electron chi connectivity index (χ2n) is 4.94. The van der Waals surface area contributed by atoms with Gasteiger partial charge in [-0.15, -0.1) is 0 Å². The number of ether oxygens (including phenoxy) is 1. The van der Waals surface area contributed by atoms with E-state index in [1.165, 1.54) is 5.69 Å². The van der Waals surface area contributed by atoms with E-state index in [9.17, 15) is 5.11 Å². The van der Waals surface area contributed by atoms with Crippen molar-refractivity contribution in [2.45, 2.75) is 38.4 Å². The molecule has 0 saturated carbocycles. The van der Waals surface area contributed by atoms with Gasteiger partial charge in [-0.1, -0.05) is 19.1 Å². The number of nitrogens with zero attached hydrogens (tertiary/aromatic N) is 1. The summed E-state index contributed by atoms with van der Waals surface area (Å²) in [6.07, 6.45) is 3.03. The summed E-state index contributed by atoms with van der Waals surface area (Å²) in [7, 11) is 1.79. The van der Waals surface area contributed by atoms with Crippen LogP contribution in [0.3, 0.4) is 0 Å². The lowest BCUT2D eigenvalue weighted by Gasteiger charge is -2.33. The van der Waals surface area contributed by atoms with Crippen molar-refractivity contribution in [3.63, 3.8) is 0 Å². The number of aliphatic hydroxyl groups excluding tert-OH is 1. The first kappa shape index (κ1) is 13.4. The summed E-state index contributed by atoms with van der Waals surface area (Å²) in [5.74, 6) is 0. The van der Waals surface area contributed by atoms with Crippen molar-refractivity contribution in [3.05, 3.63) is 29.8 Å². The first-order chi connectivity index (χ1) is 8.74. The zero-order valence-corrected chi connectivity index (χ0v) is 11.3. The van der Waals surface area contributed by atoms with Gasteiger partial charge < -0.3 is 14.7 Å². The molecular formula is C15H23NO2. The van der Waals surface area contributed by atoms with Crippen LogP contribution in [-0.4, -0.2) is 31.4 Å². The van der Waals surface area contributed by atoms with Gasteiger partial charge in [0, 0.05) is 25.9 Å². The molecule has 1 fully saturated rings. The number of methoxy groups -OCH3 is 1. The second-order valence-corrected chi connectivity index (χ2v) is 4.94. The van der Waals surface area contributed by atoms with E-state index < -0.39 is 0 Å². The predicted octanol–water partition coefficient (Wildman–Crippen LogP) is 2.75. The van der Waals surface area contributed by atoms with Gasteiger partial charge in [-0.05, 0) is 37.0 Å². The maximum Gasteiger partial charge on any atom is 0.0787 e. The SMILES string of the molecule is CCC(O)c1ccc(N2CCC(OC)CC2)cc1. The fourth-order valence-electron chi connectivity index (χ4n) is 2.49. The van der Waals surface area contributed by atoms with Crippen LogP contribution < -0.4 is 4.90 Å². The molecule has 0 aliphatic carbocycles. The average Bonchev–Trinajstić information content (AvgIpc) is 2.47. The largest absolute Gasteiger partial charge is 0.388 e. The lowest BCUT2D eigenvalue weighted by Crippen LogP contribution is -2.36. The van der Waals surface area contributed by atoms with Gasteiger partial charge in [-0.25, -0.2) is 0 Å². The van der Waals surface area contributed by atoms with Crippen LogP contribution in [-0.2, 0) is 4.74 Å². The van der Waals surface area contributed by atoms with Gasteiger partial charge in [0.25, 0.3) is 0 Å². The number of hydrogen-bond acceptors (Lipinski definition) is 3. The van der Waals surface area contributed by atoms with E-state index in [4.69, 9.17) is 4.74 Å². The molecule has 1 aromatic carbocycles. The minimum absolute atomic E-state index is 0.335. The van der Waals surface area contributed by atoms with Crippen LogP contribution >= 0.6 is 0 Å². The third kappa shape index (κ3) is 3.03. The molecule has 2 rings (SSSR count). The van der Waals surface area contributed by atoms with Gasteiger partial charge in [0.15, 0.2) is 0 Å². The highest BCUT2D eigenvalue weighted by Gasteiger charge is 2.18. The van der Waals surface area contributed by atoms with Crippen LogP contribution in [0.15, 0.2) is 24.3 Å². The van der Waals surface area contributed by atoms with Crippen LogP contribution in [0, 0.1) is 0 Å². The Labute approximate surface area is 109 Å². The van der Waals surface area contributed by atoms with Crippen LogP contribution in [0.5, 0.6) is 0 Å². The summed E-state index contributed by atoms with van der Waals surface area (Å²) in [6, 6.07) is 8.29. The topological polar surface area (TPSA) is 32.7 Å². The Bertz CT molecular complexity index is 355. The van der Waals surface area contributed by atoms with E-state index in [1.807, 2.05) is 19.1 Å². The van der Waals surface area contributed by atoms with Crippen molar-refractivity contribution in [2.24, 2.45) is 0 Å². The van der Waals surface area contributed by atoms with Crippen LogP contribution in [0.25, 0.3) is 0 Å². The maximum absolute atomic E-state index is 9.77. The summed E-state index contributed by atoms with van der Waals surface area (Å²) in [4.78, 5) is 2.39. The molecule has 1 unspecified atom stereocenters. The molecule has 0 radical (unpaired) electrons. The van der Waals surface area contributed by atoms with Crippen LogP contribution in [0.4, 0.5) is 5.69 Å². The van der Waals surface area contributed by atoms with E-state index >= 15 is 0 Å². The number of rotatable bonds is 4. The Morgan fingerprint density at radius 2 is 1.89 bits per heavy atom. The summed E-state index contributed by atoms with van der Waals surface area (Å²) < 4.78 is 5.38. The van der Waals surface area contributed by atoms with Crippen LogP contribution in [0.1, 0.15) is 37.9 Å². The van der Waals surface area contributed by atoms with Crippen molar-refractivity contribution >= 4 is 5.69 Å². The number of piperidine rings is 1. The van der Waals surface area contributed by atoms with Crippen molar-refractivity contribution in [3.8, 4) is 0 Å². The van der Waals surface area contributed by atoms with Crippen molar-refractivity contribution in [2.75, 3.05) is 25.1 Å². The number of hydrogen-bond donors (Lipinski definition) is 1. The molecule has 18 heavy (non-hydrogen) atoms. The lowest BCUT2D eigenvalue weighted by molar-refractivity contribution is 0.0819. The van der Waals surface area contributed by atoms with Gasteiger partial charge in [0.2, 0.25) is 0 Å². The van der Waals surface area contributed by atoms with Gasteiger partial charge in [0.05, 0.1) is 12.2 Å². The Balaban J connectivity index is 1.98. The average molecular weight is 249 g/mol. The van der Waals surface area contributed by atoms with Gasteiger partial charge in [-0.2, -0.15) is 0 Å². The molecule has 1 heterocycles. The first-order valence-electron chi connectivity index (χ1n) is 6.80. The summed E-state index contributed by atoms with van der Waals surface area (Å²) >= 11 is 0. The smallest absolute Gasteiger partial charge is 0.0787 e. The van der Waals surface area contributed by atoms with Crippen molar-refractivity contribution in [1.82, 2.24) is 0 Å². The molecule has 1 aromatic rings. The lowest BCUT2D eigenvalue weighted by atomic mass is 10.0. The van der Waals surface area contributed by atoms with E-state index in [1.54, 1.807) is 7.11 Å². The Morgan fingerprint density at radius 3 is 2.39 bits per heavy atom. The molecule has 0 amide bonds. The highest BCUT2D eigenvalue weighted by Crippen LogP contribution is 2.24. The predicted molar refractivity (Wildman–Crippen MR) is 73.9 cm³/mol. The van der Waals surface area contributed by atoms with E-state index in [-0.39, 0.29) is 6.10 Å². The third-order valence-corrected chi connectivity index (χ3v) is 3.81. The molecule has 3 heteroatoms. The Morgan fingerprint density at radius 1 is 1.28 bits per heavy atom. The fraction of sp³-hybridized carbons (Fsp3) is 0.600. The summed E-state index contributed by atoms with van der Waals surface area (Å²) in [5.41, 5.74) is 2.25. The highest BCUT2D eigenvalue weighted by molar-refractivity contribution is 5.48. The minimum Gasteiger partial charge on any atom is -0.388 e. The summed E-state index contributed by atoms with van der Waals surface area (Å²) in [6.45, 7) is 4.09. The van der Waals surface area contributed by atoms with Gasteiger partial charge in [0.1, 0.15) is 0 Å². The van der Waals surface area contributed by atoms with E-state index in [0.717, 1.165) is 37.9 Å². The number of aliphatic hydroxyl groups is 1. The minimum atomic E-state index is -0.335. The standard InChI is InChI=1S/C15H23NO2/c1-3-15(17)12-4-6-13(7-5-12)16-10-8-14(18-2)9-11-16/h4-7,14-15,17H,3,8-11H2,1-2H3. The zero-order chi connectivity index (χ0) is 13.0. The van der Waals surface area contributed by atoms with Gasteiger partial charge >= 0.3 is 0 Å². The Kier molecular flexibility index (Phi) is 4.61. The molecule has 0 aromatic heterocycles. The molecule has 1 atom stereocenters. The molecule has 100 valence electrons. The molecule has 1 aliphatic heterocycles. The maximum atomic E-state index is 9.77. The van der Waals surface area contributed by atoms with E-state index in [0.29, 0.717) is 6.10 Å². The normalized spacial score (nSPS) is 18.9. The second kappa shape index (κ2) is 6.21. The molecule has 3 nitrogen and oxygen atoms in total. The van der Waals surface area contributed by atoms with Crippen molar-refractivity contribution in [1.29, 1.82) is 0 Å². The molecular weight excluding hydrogens is 226 g/mol. The third-order valence-electron chi connectivity index (χ3n) is 3.81. The zero-order valence-electron chi connectivity index (χ0n) is 11.3. The molecule has 0 bridgehead atoms. The summed E-state index contributed by atoms with van der Waals surface area (Å²) in [5, 5.41) is 9.77. The molecule has 1 N–H and O–H groups in total. The first-order valence-corrected chi connectivity index (χ1v) is 6.80. The van der Waals surface area contributed by atoms with E-state index in [2.05, 4.69) is 17.0 Å².